The minimum absolute atomic E-state index is 0.170. The van der Waals surface area contributed by atoms with Gasteiger partial charge in [0.25, 0.3) is 5.91 Å². The molecule has 0 fully saturated rings. The van der Waals surface area contributed by atoms with Gasteiger partial charge in [-0.2, -0.15) is 5.26 Å². The number of thiophene rings is 1. The number of halogens is 1. The molecule has 1 heterocycles. The molecule has 158 valence electrons. The van der Waals surface area contributed by atoms with Gasteiger partial charge in [0.05, 0.1) is 17.7 Å². The number of ether oxygens (including phenoxy) is 1. The topological polar surface area (TPSA) is 74.2 Å². The summed E-state index contributed by atoms with van der Waals surface area (Å²) >= 11 is 10.3. The second-order valence-corrected chi connectivity index (χ2v) is 10.0. The van der Waals surface area contributed by atoms with Crippen molar-refractivity contribution in [2.75, 3.05) is 11.9 Å². The van der Waals surface area contributed by atoms with E-state index in [1.165, 1.54) is 4.88 Å². The largest absolute Gasteiger partial charge is 0.493 e. The molecule has 0 atom stereocenters. The van der Waals surface area contributed by atoms with Gasteiger partial charge in [0.2, 0.25) is 0 Å². The summed E-state index contributed by atoms with van der Waals surface area (Å²) in [5.74, 6) is 0.678. The molecule has 0 saturated heterocycles. The zero-order chi connectivity index (χ0) is 21.7. The number of rotatable bonds is 6. The minimum Gasteiger partial charge on any atom is -0.493 e. The van der Waals surface area contributed by atoms with Crippen molar-refractivity contribution < 1.29 is 9.53 Å². The summed E-state index contributed by atoms with van der Waals surface area (Å²) in [6.45, 7) is 4.79. The van der Waals surface area contributed by atoms with Crippen LogP contribution in [-0.4, -0.2) is 17.6 Å². The molecule has 1 aliphatic rings. The van der Waals surface area contributed by atoms with E-state index in [1.54, 1.807) is 23.5 Å². The van der Waals surface area contributed by atoms with Crippen molar-refractivity contribution in [2.45, 2.75) is 46.0 Å². The number of aryl methyl sites for hydroxylation is 1. The molecule has 1 aliphatic carbocycles. The number of anilines is 1. The van der Waals surface area contributed by atoms with E-state index < -0.39 is 0 Å². The normalized spacial score (nSPS) is 12.8. The number of nitriles is 1. The molecule has 0 bridgehead atoms. The van der Waals surface area contributed by atoms with Crippen LogP contribution in [0.2, 0.25) is 0 Å². The lowest BCUT2D eigenvalue weighted by Crippen LogP contribution is -2.34. The summed E-state index contributed by atoms with van der Waals surface area (Å²) in [7, 11) is 0. The molecular weight excluding hydrogens is 482 g/mol. The third kappa shape index (κ3) is 5.60. The summed E-state index contributed by atoms with van der Waals surface area (Å²) in [5, 5.41) is 16.2. The quantitative estimate of drug-likeness (QED) is 0.484. The fraction of sp³-hybridized carbons (Fsp3) is 0.409. The fourth-order valence-electron chi connectivity index (χ4n) is 3.29. The Bertz CT molecular complexity index is 995. The number of hydrogen-bond acceptors (Lipinski definition) is 5. The number of hydrogen-bond donors (Lipinski definition) is 2. The third-order valence-electron chi connectivity index (χ3n) is 4.88. The second-order valence-electron chi connectivity index (χ2n) is 7.61. The van der Waals surface area contributed by atoms with E-state index in [4.69, 9.17) is 17.0 Å². The molecule has 3 rings (SSSR count). The van der Waals surface area contributed by atoms with Crippen LogP contribution in [0.1, 0.15) is 59.5 Å². The number of carbonyl (C=O) groups is 1. The Morgan fingerprint density at radius 3 is 2.87 bits per heavy atom. The van der Waals surface area contributed by atoms with Crippen molar-refractivity contribution in [3.05, 3.63) is 44.2 Å². The van der Waals surface area contributed by atoms with E-state index in [9.17, 15) is 10.1 Å². The molecule has 1 aromatic heterocycles. The van der Waals surface area contributed by atoms with Crippen LogP contribution in [0.3, 0.4) is 0 Å². The van der Waals surface area contributed by atoms with Crippen LogP contribution in [0.5, 0.6) is 5.75 Å². The van der Waals surface area contributed by atoms with Gasteiger partial charge in [0.15, 0.2) is 5.11 Å². The molecular formula is C22H24BrN3O2S2. The first-order valence-corrected chi connectivity index (χ1v) is 12.0. The average molecular weight is 506 g/mol. The Morgan fingerprint density at radius 2 is 2.13 bits per heavy atom. The van der Waals surface area contributed by atoms with Crippen molar-refractivity contribution in [1.29, 1.82) is 5.26 Å². The van der Waals surface area contributed by atoms with Crippen LogP contribution >= 0.6 is 39.5 Å². The number of benzene rings is 1. The van der Waals surface area contributed by atoms with Gasteiger partial charge in [-0.3, -0.25) is 10.1 Å². The monoisotopic (exact) mass is 505 g/mol. The maximum Gasteiger partial charge on any atom is 0.261 e. The van der Waals surface area contributed by atoms with E-state index in [-0.39, 0.29) is 11.0 Å². The second kappa shape index (κ2) is 10.4. The van der Waals surface area contributed by atoms with E-state index >= 15 is 0 Å². The Hall–Kier alpha value is -1.95. The first-order valence-electron chi connectivity index (χ1n) is 9.98. The van der Waals surface area contributed by atoms with Gasteiger partial charge in [0.1, 0.15) is 16.8 Å². The molecule has 0 unspecified atom stereocenters. The molecule has 1 aromatic carbocycles. The molecule has 0 aliphatic heterocycles. The number of thiocarbonyl (C=S) groups is 1. The van der Waals surface area contributed by atoms with Crippen LogP contribution in [0.15, 0.2) is 22.7 Å². The first-order chi connectivity index (χ1) is 14.4. The van der Waals surface area contributed by atoms with Gasteiger partial charge in [-0.15, -0.1) is 11.3 Å². The maximum absolute atomic E-state index is 12.9. The Labute approximate surface area is 194 Å². The lowest BCUT2D eigenvalue weighted by Gasteiger charge is -2.14. The highest BCUT2D eigenvalue weighted by Crippen LogP contribution is 2.37. The van der Waals surface area contributed by atoms with Gasteiger partial charge in [-0.05, 0) is 74.0 Å². The van der Waals surface area contributed by atoms with Crippen LogP contribution in [0, 0.1) is 17.2 Å². The zero-order valence-electron chi connectivity index (χ0n) is 17.0. The van der Waals surface area contributed by atoms with Crippen molar-refractivity contribution in [2.24, 2.45) is 5.92 Å². The van der Waals surface area contributed by atoms with Gasteiger partial charge in [-0.25, -0.2) is 0 Å². The van der Waals surface area contributed by atoms with Gasteiger partial charge < -0.3 is 10.1 Å². The Morgan fingerprint density at radius 1 is 1.37 bits per heavy atom. The number of nitrogens with zero attached hydrogens (tertiary/aromatic N) is 1. The molecule has 0 radical (unpaired) electrons. The van der Waals surface area contributed by atoms with Crippen LogP contribution in [-0.2, 0) is 12.8 Å². The fourth-order valence-corrected chi connectivity index (χ4v) is 5.15. The van der Waals surface area contributed by atoms with Crippen LogP contribution < -0.4 is 15.4 Å². The minimum atomic E-state index is -0.354. The molecule has 2 N–H and O–H groups in total. The standard InChI is InChI=1S/C22H24BrN3O2S2/c1-13(2)9-10-28-18-8-7-14(23)11-16(18)20(27)25-22(29)26-21-17(12-24)15-5-3-4-6-19(15)30-21/h7-8,11,13H,3-6,9-10H2,1-2H3,(H2,25,26,27,29). The first kappa shape index (κ1) is 22.7. The predicted octanol–water partition coefficient (Wildman–Crippen LogP) is 5.81. The van der Waals surface area contributed by atoms with E-state index in [0.717, 1.165) is 42.1 Å². The van der Waals surface area contributed by atoms with Crippen LogP contribution in [0.4, 0.5) is 5.00 Å². The molecule has 8 heteroatoms. The van der Waals surface area contributed by atoms with E-state index in [2.05, 4.69) is 46.5 Å². The van der Waals surface area contributed by atoms with Crippen LogP contribution in [0.25, 0.3) is 0 Å². The highest BCUT2D eigenvalue weighted by atomic mass is 79.9. The Kier molecular flexibility index (Phi) is 7.87. The van der Waals surface area contributed by atoms with Gasteiger partial charge in [-0.1, -0.05) is 29.8 Å². The number of fused-ring (bicyclic) bond motifs is 1. The SMILES string of the molecule is CC(C)CCOc1ccc(Br)cc1C(=O)NC(=S)Nc1sc2c(c1C#N)CCCC2. The van der Waals surface area contributed by atoms with Crippen molar-refractivity contribution in [3.63, 3.8) is 0 Å². The summed E-state index contributed by atoms with van der Waals surface area (Å²) in [6, 6.07) is 7.62. The summed E-state index contributed by atoms with van der Waals surface area (Å²) in [4.78, 5) is 14.1. The van der Waals surface area contributed by atoms with E-state index in [0.29, 0.717) is 34.4 Å². The maximum atomic E-state index is 12.9. The zero-order valence-corrected chi connectivity index (χ0v) is 20.2. The molecule has 30 heavy (non-hydrogen) atoms. The number of carbonyl (C=O) groups excluding carboxylic acids is 1. The smallest absolute Gasteiger partial charge is 0.261 e. The summed E-state index contributed by atoms with van der Waals surface area (Å²) < 4.78 is 6.61. The highest BCUT2D eigenvalue weighted by molar-refractivity contribution is 9.10. The van der Waals surface area contributed by atoms with Crippen molar-refractivity contribution in [3.8, 4) is 11.8 Å². The molecule has 0 spiro atoms. The third-order valence-corrected chi connectivity index (χ3v) is 6.78. The van der Waals surface area contributed by atoms with Crippen molar-refractivity contribution in [1.82, 2.24) is 5.32 Å². The number of nitrogens with one attached hydrogen (secondary N) is 2. The average Bonchev–Trinajstić information content (AvgIpc) is 3.05. The molecule has 5 nitrogen and oxygen atoms in total. The predicted molar refractivity (Wildman–Crippen MR) is 128 cm³/mol. The number of amides is 1. The molecule has 0 saturated carbocycles. The lowest BCUT2D eigenvalue weighted by atomic mass is 9.96. The Balaban J connectivity index is 1.71. The molecule has 1 amide bonds. The lowest BCUT2D eigenvalue weighted by molar-refractivity contribution is 0.0973. The molecule has 2 aromatic rings. The van der Waals surface area contributed by atoms with Crippen molar-refractivity contribution >= 4 is 55.5 Å². The summed E-state index contributed by atoms with van der Waals surface area (Å²) in [6.07, 6.45) is 5.05. The highest BCUT2D eigenvalue weighted by Gasteiger charge is 2.22. The van der Waals surface area contributed by atoms with Gasteiger partial charge >= 0.3 is 0 Å². The van der Waals surface area contributed by atoms with E-state index in [1.807, 2.05) is 6.07 Å². The summed E-state index contributed by atoms with van der Waals surface area (Å²) in [5.41, 5.74) is 2.17. The van der Waals surface area contributed by atoms with Gasteiger partial charge in [0, 0.05) is 9.35 Å².